The van der Waals surface area contributed by atoms with E-state index in [2.05, 4.69) is 23.4 Å². The van der Waals surface area contributed by atoms with Gasteiger partial charge in [-0.3, -0.25) is 9.69 Å². The largest absolute Gasteiger partial charge is 0.490 e. The number of hydrogen-bond acceptors (Lipinski definition) is 7. The summed E-state index contributed by atoms with van der Waals surface area (Å²) in [6.45, 7) is 7.34. The van der Waals surface area contributed by atoms with Crippen LogP contribution < -0.4 is 4.74 Å². The van der Waals surface area contributed by atoms with Crippen molar-refractivity contribution in [1.29, 1.82) is 5.26 Å². The lowest BCUT2D eigenvalue weighted by atomic mass is 9.95. The highest BCUT2D eigenvalue weighted by atomic mass is 32.1. The number of rotatable bonds is 8. The van der Waals surface area contributed by atoms with E-state index in [0.717, 1.165) is 40.2 Å². The van der Waals surface area contributed by atoms with Crippen LogP contribution in [0.15, 0.2) is 36.4 Å². The van der Waals surface area contributed by atoms with Gasteiger partial charge < -0.3 is 9.84 Å². The molecule has 1 aliphatic heterocycles. The minimum atomic E-state index is -0.761. The molecule has 3 aromatic rings. The summed E-state index contributed by atoms with van der Waals surface area (Å²) in [6, 6.07) is 13.3. The molecule has 1 atom stereocenters. The topological polar surface area (TPSA) is 99.3 Å². The first-order valence-corrected chi connectivity index (χ1v) is 11.8. The molecule has 170 valence electrons. The zero-order valence-corrected chi connectivity index (χ0v) is 19.7. The second-order valence-electron chi connectivity index (χ2n) is 8.32. The highest BCUT2D eigenvalue weighted by molar-refractivity contribution is 7.09. The molecule has 2 heterocycles. The molecule has 2 aromatic carbocycles. The van der Waals surface area contributed by atoms with E-state index in [-0.39, 0.29) is 6.10 Å². The van der Waals surface area contributed by atoms with Crippen molar-refractivity contribution in [3.05, 3.63) is 53.1 Å². The van der Waals surface area contributed by atoms with Crippen LogP contribution in [-0.2, 0) is 17.8 Å². The molecule has 8 heteroatoms. The molecule has 33 heavy (non-hydrogen) atoms. The number of aliphatic carboxylic acids is 1. The fourth-order valence-electron chi connectivity index (χ4n) is 4.10. The molecule has 0 spiro atoms. The number of benzene rings is 2. The number of carboxylic acids is 1. The molecule has 7 nitrogen and oxygen atoms in total. The second-order valence-corrected chi connectivity index (χ2v) is 9.07. The molecule has 0 bridgehead atoms. The molecule has 1 fully saturated rings. The Balaban J connectivity index is 1.62. The number of carboxylic acid groups (broad SMARTS) is 1. The summed E-state index contributed by atoms with van der Waals surface area (Å²) < 4.78 is 10.3. The highest BCUT2D eigenvalue weighted by Crippen LogP contribution is 2.33. The van der Waals surface area contributed by atoms with E-state index in [0.29, 0.717) is 30.1 Å². The summed E-state index contributed by atoms with van der Waals surface area (Å²) in [5, 5.41) is 19.6. The lowest BCUT2D eigenvalue weighted by Crippen LogP contribution is -2.51. The van der Waals surface area contributed by atoms with Crippen molar-refractivity contribution in [2.24, 2.45) is 0 Å². The molecular formula is C25H26N4O3S. The molecule has 0 aliphatic carbocycles. The lowest BCUT2D eigenvalue weighted by molar-refractivity contribution is -0.148. The first-order chi connectivity index (χ1) is 15.9. The minimum Gasteiger partial charge on any atom is -0.490 e. The summed E-state index contributed by atoms with van der Waals surface area (Å²) in [5.74, 6) is 0.448. The third-order valence-electron chi connectivity index (χ3n) is 5.79. The fourth-order valence-corrected chi connectivity index (χ4v) is 4.77. The lowest BCUT2D eigenvalue weighted by Gasteiger charge is -2.38. The van der Waals surface area contributed by atoms with Gasteiger partial charge in [-0.25, -0.2) is 4.98 Å². The van der Waals surface area contributed by atoms with Crippen LogP contribution in [0.5, 0.6) is 5.75 Å². The smallest absolute Gasteiger partial charge is 0.320 e. The van der Waals surface area contributed by atoms with Crippen molar-refractivity contribution >= 4 is 17.5 Å². The molecule has 1 unspecified atom stereocenters. The van der Waals surface area contributed by atoms with E-state index in [1.54, 1.807) is 12.1 Å². The molecule has 1 N–H and O–H groups in total. The molecule has 1 saturated heterocycles. The van der Waals surface area contributed by atoms with Crippen LogP contribution in [-0.4, -0.2) is 44.0 Å². The average Bonchev–Trinajstić information content (AvgIpc) is 3.26. The van der Waals surface area contributed by atoms with Gasteiger partial charge >= 0.3 is 5.97 Å². The van der Waals surface area contributed by atoms with Gasteiger partial charge in [0.2, 0.25) is 0 Å². The van der Waals surface area contributed by atoms with Crippen molar-refractivity contribution in [2.45, 2.75) is 52.3 Å². The fraction of sp³-hybridized carbons (Fsp3) is 0.360. The third-order valence-corrected chi connectivity index (χ3v) is 6.56. The molecule has 0 amide bonds. The van der Waals surface area contributed by atoms with Crippen LogP contribution in [0.4, 0.5) is 0 Å². The van der Waals surface area contributed by atoms with Gasteiger partial charge in [-0.05, 0) is 67.5 Å². The SMILES string of the molecule is CCc1c(CN2CCC2C(=O)O)cccc1-c1nsc(-c2ccc(OC(C)C)c(C#N)c2)n1. The van der Waals surface area contributed by atoms with E-state index < -0.39 is 12.0 Å². The van der Waals surface area contributed by atoms with E-state index in [4.69, 9.17) is 9.72 Å². The standard InChI is InChI=1S/C25H26N4O3S/c1-4-19-17(14-29-11-10-21(29)25(30)31)6-5-7-20(19)23-27-24(33-28-23)16-8-9-22(32-15(2)3)18(12-16)13-26/h5-9,12,15,21H,4,10-11,14H2,1-3H3,(H,30,31). The van der Waals surface area contributed by atoms with Crippen molar-refractivity contribution in [2.75, 3.05) is 6.54 Å². The third kappa shape index (κ3) is 4.75. The predicted molar refractivity (Wildman–Crippen MR) is 127 cm³/mol. The number of carbonyl (C=O) groups is 1. The molecule has 1 aromatic heterocycles. The Kier molecular flexibility index (Phi) is 6.72. The Hall–Kier alpha value is -3.28. The number of nitriles is 1. The number of likely N-dealkylation sites (tertiary alicyclic amines) is 1. The van der Waals surface area contributed by atoms with Crippen molar-refractivity contribution in [3.63, 3.8) is 0 Å². The van der Waals surface area contributed by atoms with Crippen LogP contribution in [0.25, 0.3) is 22.0 Å². The van der Waals surface area contributed by atoms with Gasteiger partial charge in [-0.15, -0.1) is 0 Å². The Bertz CT molecular complexity index is 1210. The Morgan fingerprint density at radius 2 is 2.18 bits per heavy atom. The van der Waals surface area contributed by atoms with Gasteiger partial charge in [0.15, 0.2) is 5.82 Å². The monoisotopic (exact) mass is 462 g/mol. The van der Waals surface area contributed by atoms with Crippen LogP contribution >= 0.6 is 11.5 Å². The van der Waals surface area contributed by atoms with Crippen LogP contribution in [0, 0.1) is 11.3 Å². The summed E-state index contributed by atoms with van der Waals surface area (Å²) in [4.78, 5) is 18.2. The molecule has 0 radical (unpaired) electrons. The van der Waals surface area contributed by atoms with Gasteiger partial charge in [0.1, 0.15) is 22.9 Å². The molecule has 4 rings (SSSR count). The van der Waals surface area contributed by atoms with E-state index in [1.807, 2.05) is 36.9 Å². The highest BCUT2D eigenvalue weighted by Gasteiger charge is 2.34. The van der Waals surface area contributed by atoms with Crippen LogP contribution in [0.3, 0.4) is 0 Å². The van der Waals surface area contributed by atoms with Crippen LogP contribution in [0.2, 0.25) is 0 Å². The number of nitrogens with zero attached hydrogens (tertiary/aromatic N) is 4. The van der Waals surface area contributed by atoms with Gasteiger partial charge in [-0.1, -0.05) is 25.1 Å². The Morgan fingerprint density at radius 1 is 1.36 bits per heavy atom. The molecule has 0 saturated carbocycles. The first-order valence-electron chi connectivity index (χ1n) is 11.0. The van der Waals surface area contributed by atoms with Gasteiger partial charge in [0, 0.05) is 24.2 Å². The quantitative estimate of drug-likeness (QED) is 0.515. The van der Waals surface area contributed by atoms with E-state index >= 15 is 0 Å². The van der Waals surface area contributed by atoms with Gasteiger partial charge in [-0.2, -0.15) is 9.64 Å². The Labute approximate surface area is 197 Å². The summed E-state index contributed by atoms with van der Waals surface area (Å²) in [6.07, 6.45) is 1.47. The van der Waals surface area contributed by atoms with Crippen molar-refractivity contribution < 1.29 is 14.6 Å². The van der Waals surface area contributed by atoms with Crippen molar-refractivity contribution in [3.8, 4) is 33.8 Å². The maximum absolute atomic E-state index is 11.4. The summed E-state index contributed by atoms with van der Waals surface area (Å²) >= 11 is 1.30. The summed E-state index contributed by atoms with van der Waals surface area (Å²) in [5.41, 5.74) is 4.50. The predicted octanol–water partition coefficient (Wildman–Crippen LogP) is 4.75. The zero-order valence-electron chi connectivity index (χ0n) is 18.9. The number of ether oxygens (including phenoxy) is 1. The van der Waals surface area contributed by atoms with E-state index in [9.17, 15) is 15.2 Å². The zero-order chi connectivity index (χ0) is 23.5. The average molecular weight is 463 g/mol. The first kappa shape index (κ1) is 22.9. The van der Waals surface area contributed by atoms with Gasteiger partial charge in [0.25, 0.3) is 0 Å². The van der Waals surface area contributed by atoms with Gasteiger partial charge in [0.05, 0.1) is 11.7 Å². The molecular weight excluding hydrogens is 436 g/mol. The molecule has 1 aliphatic rings. The normalized spacial score (nSPS) is 15.8. The maximum Gasteiger partial charge on any atom is 0.320 e. The maximum atomic E-state index is 11.4. The second kappa shape index (κ2) is 9.69. The Morgan fingerprint density at radius 3 is 2.82 bits per heavy atom. The number of hydrogen-bond donors (Lipinski definition) is 1. The summed E-state index contributed by atoms with van der Waals surface area (Å²) in [7, 11) is 0. The van der Waals surface area contributed by atoms with Crippen molar-refractivity contribution in [1.82, 2.24) is 14.3 Å². The number of aromatic nitrogens is 2. The van der Waals surface area contributed by atoms with Crippen LogP contribution in [0.1, 0.15) is 43.9 Å². The minimum absolute atomic E-state index is 0.0159. The van der Waals surface area contributed by atoms with E-state index in [1.165, 1.54) is 11.5 Å².